The number of carbonyl (C=O) groups is 2. The fourth-order valence-corrected chi connectivity index (χ4v) is 2.70. The molecular weight excluding hydrogens is 324 g/mol. The Bertz CT molecular complexity index is 858. The number of hydrogen-bond acceptors (Lipinski definition) is 4. The highest BCUT2D eigenvalue weighted by molar-refractivity contribution is 7.12. The predicted molar refractivity (Wildman–Crippen MR) is 94.8 cm³/mol. The van der Waals surface area contributed by atoms with Gasteiger partial charge in [0.25, 0.3) is 11.8 Å². The van der Waals surface area contributed by atoms with Crippen LogP contribution >= 0.6 is 11.3 Å². The van der Waals surface area contributed by atoms with Crippen molar-refractivity contribution in [1.29, 1.82) is 0 Å². The molecule has 2 aromatic carbocycles. The smallest absolute Gasteiger partial charge is 0.265 e. The lowest BCUT2D eigenvalue weighted by Gasteiger charge is -2.08. The number of thiophene rings is 1. The summed E-state index contributed by atoms with van der Waals surface area (Å²) in [4.78, 5) is 24.8. The first-order valence-electron chi connectivity index (χ1n) is 7.18. The summed E-state index contributed by atoms with van der Waals surface area (Å²) in [7, 11) is 0. The molecular formula is C18H14N2O3S. The second kappa shape index (κ2) is 6.97. The van der Waals surface area contributed by atoms with E-state index in [4.69, 9.17) is 0 Å². The van der Waals surface area contributed by atoms with E-state index in [0.29, 0.717) is 21.8 Å². The van der Waals surface area contributed by atoms with Gasteiger partial charge in [-0.2, -0.15) is 0 Å². The SMILES string of the molecule is O=C(Nc1ccccc1O)c1ccc(NC(=O)c2cccs2)cc1. The number of carbonyl (C=O) groups excluding carboxylic acids is 2. The standard InChI is InChI=1S/C18H14N2O3S/c21-15-5-2-1-4-14(15)20-17(22)12-7-9-13(10-8-12)19-18(23)16-6-3-11-24-16/h1-11,21H,(H,19,23)(H,20,22). The fourth-order valence-electron chi connectivity index (χ4n) is 2.08. The Morgan fingerprint density at radius 2 is 1.58 bits per heavy atom. The van der Waals surface area contributed by atoms with Crippen LogP contribution < -0.4 is 10.6 Å². The molecule has 3 aromatic rings. The van der Waals surface area contributed by atoms with Gasteiger partial charge in [0, 0.05) is 11.3 Å². The van der Waals surface area contributed by atoms with E-state index in [2.05, 4.69) is 10.6 Å². The molecule has 24 heavy (non-hydrogen) atoms. The van der Waals surface area contributed by atoms with Gasteiger partial charge in [0.1, 0.15) is 5.75 Å². The molecule has 0 aliphatic heterocycles. The average Bonchev–Trinajstić information content (AvgIpc) is 3.12. The third-order valence-corrected chi connectivity index (χ3v) is 4.17. The fraction of sp³-hybridized carbons (Fsp3) is 0. The summed E-state index contributed by atoms with van der Waals surface area (Å²) >= 11 is 1.36. The molecule has 0 saturated heterocycles. The van der Waals surface area contributed by atoms with Crippen LogP contribution in [0.15, 0.2) is 66.0 Å². The molecule has 0 saturated carbocycles. The Morgan fingerprint density at radius 1 is 0.833 bits per heavy atom. The molecule has 5 nitrogen and oxygen atoms in total. The zero-order valence-corrected chi connectivity index (χ0v) is 13.3. The Kier molecular flexibility index (Phi) is 4.58. The summed E-state index contributed by atoms with van der Waals surface area (Å²) < 4.78 is 0. The molecule has 3 N–H and O–H groups in total. The summed E-state index contributed by atoms with van der Waals surface area (Å²) in [5.41, 5.74) is 1.37. The normalized spacial score (nSPS) is 10.2. The van der Waals surface area contributed by atoms with Gasteiger partial charge in [0.15, 0.2) is 0 Å². The number of nitrogens with one attached hydrogen (secondary N) is 2. The first kappa shape index (κ1) is 15.8. The van der Waals surface area contributed by atoms with Gasteiger partial charge in [-0.1, -0.05) is 18.2 Å². The van der Waals surface area contributed by atoms with E-state index in [1.807, 2.05) is 11.4 Å². The van der Waals surface area contributed by atoms with Crippen molar-refractivity contribution in [3.05, 3.63) is 76.5 Å². The maximum Gasteiger partial charge on any atom is 0.265 e. The molecule has 0 fully saturated rings. The summed E-state index contributed by atoms with van der Waals surface area (Å²) in [6, 6.07) is 16.6. The van der Waals surface area contributed by atoms with Crippen molar-refractivity contribution in [3.8, 4) is 5.75 Å². The van der Waals surface area contributed by atoms with Crippen molar-refractivity contribution >= 4 is 34.5 Å². The van der Waals surface area contributed by atoms with Gasteiger partial charge in [0.2, 0.25) is 0 Å². The van der Waals surface area contributed by atoms with E-state index in [0.717, 1.165) is 0 Å². The zero-order chi connectivity index (χ0) is 16.9. The minimum atomic E-state index is -0.340. The quantitative estimate of drug-likeness (QED) is 0.630. The van der Waals surface area contributed by atoms with E-state index in [1.165, 1.54) is 17.4 Å². The zero-order valence-electron chi connectivity index (χ0n) is 12.5. The summed E-state index contributed by atoms with van der Waals surface area (Å²) in [5.74, 6) is -0.519. The molecule has 0 radical (unpaired) electrons. The lowest BCUT2D eigenvalue weighted by atomic mass is 10.2. The Balaban J connectivity index is 1.67. The van der Waals surface area contributed by atoms with Gasteiger partial charge in [-0.15, -0.1) is 11.3 Å². The molecule has 0 aliphatic rings. The average molecular weight is 338 g/mol. The number of phenols is 1. The highest BCUT2D eigenvalue weighted by Gasteiger charge is 2.10. The van der Waals surface area contributed by atoms with Crippen LogP contribution in [0.2, 0.25) is 0 Å². The van der Waals surface area contributed by atoms with Gasteiger partial charge in [0.05, 0.1) is 10.6 Å². The topological polar surface area (TPSA) is 78.4 Å². The van der Waals surface area contributed by atoms with Gasteiger partial charge in [-0.3, -0.25) is 9.59 Å². The number of hydrogen-bond donors (Lipinski definition) is 3. The van der Waals surface area contributed by atoms with E-state index in [-0.39, 0.29) is 17.6 Å². The van der Waals surface area contributed by atoms with Crippen LogP contribution in [0.3, 0.4) is 0 Å². The number of amides is 2. The second-order valence-corrected chi connectivity index (χ2v) is 5.93. The van der Waals surface area contributed by atoms with Crippen molar-refractivity contribution in [1.82, 2.24) is 0 Å². The van der Waals surface area contributed by atoms with Crippen LogP contribution in [-0.4, -0.2) is 16.9 Å². The molecule has 2 amide bonds. The molecule has 0 aliphatic carbocycles. The van der Waals surface area contributed by atoms with Crippen LogP contribution in [-0.2, 0) is 0 Å². The van der Waals surface area contributed by atoms with Crippen LogP contribution in [0.1, 0.15) is 20.0 Å². The molecule has 0 spiro atoms. The number of rotatable bonds is 4. The first-order chi connectivity index (χ1) is 11.6. The van der Waals surface area contributed by atoms with Crippen molar-refractivity contribution in [2.45, 2.75) is 0 Å². The minimum absolute atomic E-state index is 0.00526. The third-order valence-electron chi connectivity index (χ3n) is 3.30. The van der Waals surface area contributed by atoms with Gasteiger partial charge < -0.3 is 15.7 Å². The van der Waals surface area contributed by atoms with Crippen LogP contribution in [0, 0.1) is 0 Å². The predicted octanol–water partition coefficient (Wildman–Crippen LogP) is 3.96. The number of para-hydroxylation sites is 2. The highest BCUT2D eigenvalue weighted by atomic mass is 32.1. The Morgan fingerprint density at radius 3 is 2.25 bits per heavy atom. The van der Waals surface area contributed by atoms with E-state index in [1.54, 1.807) is 48.5 Å². The monoisotopic (exact) mass is 338 g/mol. The van der Waals surface area contributed by atoms with Crippen molar-refractivity contribution in [3.63, 3.8) is 0 Å². The first-order valence-corrected chi connectivity index (χ1v) is 8.06. The maximum absolute atomic E-state index is 12.2. The van der Waals surface area contributed by atoms with E-state index >= 15 is 0 Å². The van der Waals surface area contributed by atoms with Crippen LogP contribution in [0.4, 0.5) is 11.4 Å². The highest BCUT2D eigenvalue weighted by Crippen LogP contribution is 2.22. The van der Waals surface area contributed by atoms with E-state index < -0.39 is 0 Å². The molecule has 0 atom stereocenters. The number of benzene rings is 2. The number of anilines is 2. The lowest BCUT2D eigenvalue weighted by Crippen LogP contribution is -2.13. The summed E-state index contributed by atoms with van der Waals surface area (Å²) in [5, 5.41) is 16.9. The third kappa shape index (κ3) is 3.61. The van der Waals surface area contributed by atoms with Crippen molar-refractivity contribution in [2.24, 2.45) is 0 Å². The largest absolute Gasteiger partial charge is 0.506 e. The minimum Gasteiger partial charge on any atom is -0.506 e. The van der Waals surface area contributed by atoms with Crippen molar-refractivity contribution < 1.29 is 14.7 Å². The number of phenolic OH excluding ortho intramolecular Hbond substituents is 1. The van der Waals surface area contributed by atoms with Gasteiger partial charge in [-0.25, -0.2) is 0 Å². The van der Waals surface area contributed by atoms with E-state index in [9.17, 15) is 14.7 Å². The number of aromatic hydroxyl groups is 1. The lowest BCUT2D eigenvalue weighted by molar-refractivity contribution is 0.102. The molecule has 6 heteroatoms. The maximum atomic E-state index is 12.2. The molecule has 1 heterocycles. The molecule has 3 rings (SSSR count). The van der Waals surface area contributed by atoms with Gasteiger partial charge in [-0.05, 0) is 47.8 Å². The summed E-state index contributed by atoms with van der Waals surface area (Å²) in [6.07, 6.45) is 0. The molecule has 0 bridgehead atoms. The molecule has 0 unspecified atom stereocenters. The van der Waals surface area contributed by atoms with Crippen LogP contribution in [0.5, 0.6) is 5.75 Å². The molecule has 120 valence electrons. The Hall–Kier alpha value is -3.12. The van der Waals surface area contributed by atoms with Crippen molar-refractivity contribution in [2.75, 3.05) is 10.6 Å². The Labute approximate surface area is 142 Å². The van der Waals surface area contributed by atoms with Gasteiger partial charge >= 0.3 is 0 Å². The second-order valence-electron chi connectivity index (χ2n) is 4.98. The van der Waals surface area contributed by atoms with Crippen LogP contribution in [0.25, 0.3) is 0 Å². The summed E-state index contributed by atoms with van der Waals surface area (Å²) in [6.45, 7) is 0. The molecule has 1 aromatic heterocycles.